The molecular formula is C18H36N2O. The minimum absolute atomic E-state index is 0.950. The lowest BCUT2D eigenvalue weighted by Crippen LogP contribution is -1.94. The Bertz CT molecular complexity index is 239. The van der Waals surface area contributed by atoms with Crippen molar-refractivity contribution >= 4 is 6.21 Å². The van der Waals surface area contributed by atoms with Crippen LogP contribution in [0.25, 0.3) is 0 Å². The Morgan fingerprint density at radius 3 is 1.71 bits per heavy atom. The molecule has 0 bridgehead atoms. The number of hydrazone groups is 1. The second-order valence-electron chi connectivity index (χ2n) is 5.78. The molecular weight excluding hydrogens is 260 g/mol. The molecule has 0 aromatic heterocycles. The highest BCUT2D eigenvalue weighted by molar-refractivity contribution is 5.56. The highest BCUT2D eigenvalue weighted by Crippen LogP contribution is 2.09. The van der Waals surface area contributed by atoms with Crippen LogP contribution in [0.2, 0.25) is 0 Å². The average molecular weight is 296 g/mol. The molecule has 0 unspecified atom stereocenters. The van der Waals surface area contributed by atoms with Crippen molar-refractivity contribution in [1.82, 2.24) is 5.59 Å². The van der Waals surface area contributed by atoms with Crippen molar-refractivity contribution in [3.63, 3.8) is 0 Å². The van der Waals surface area contributed by atoms with Gasteiger partial charge in [-0.05, 0) is 38.5 Å². The molecule has 0 fully saturated rings. The highest BCUT2D eigenvalue weighted by Gasteiger charge is 1.90. The van der Waals surface area contributed by atoms with Crippen molar-refractivity contribution < 1.29 is 5.21 Å². The topological polar surface area (TPSA) is 44.6 Å². The lowest BCUT2D eigenvalue weighted by molar-refractivity contribution is 0.172. The zero-order chi connectivity index (χ0) is 15.4. The van der Waals surface area contributed by atoms with Crippen LogP contribution < -0.4 is 5.59 Å². The van der Waals surface area contributed by atoms with Crippen LogP contribution in [0, 0.1) is 0 Å². The van der Waals surface area contributed by atoms with E-state index in [-0.39, 0.29) is 0 Å². The summed E-state index contributed by atoms with van der Waals surface area (Å²) >= 11 is 0. The van der Waals surface area contributed by atoms with Crippen LogP contribution in [-0.2, 0) is 0 Å². The van der Waals surface area contributed by atoms with Gasteiger partial charge in [0, 0.05) is 6.21 Å². The minimum atomic E-state index is 0.950. The van der Waals surface area contributed by atoms with Crippen LogP contribution in [0.1, 0.15) is 96.8 Å². The number of nitrogens with zero attached hydrogens (tertiary/aromatic N) is 1. The van der Waals surface area contributed by atoms with Gasteiger partial charge in [-0.1, -0.05) is 70.4 Å². The van der Waals surface area contributed by atoms with Gasteiger partial charge in [0.15, 0.2) is 0 Å². The van der Waals surface area contributed by atoms with Crippen molar-refractivity contribution in [2.45, 2.75) is 96.8 Å². The van der Waals surface area contributed by atoms with Crippen LogP contribution in [-0.4, -0.2) is 11.4 Å². The molecule has 0 aliphatic rings. The zero-order valence-electron chi connectivity index (χ0n) is 14.0. The maximum absolute atomic E-state index is 8.24. The summed E-state index contributed by atoms with van der Waals surface area (Å²) in [6.45, 7) is 2.27. The van der Waals surface area contributed by atoms with E-state index in [1.54, 1.807) is 11.8 Å². The van der Waals surface area contributed by atoms with Gasteiger partial charge in [-0.25, -0.2) is 0 Å². The van der Waals surface area contributed by atoms with Crippen LogP contribution in [0.4, 0.5) is 0 Å². The molecule has 0 aliphatic heterocycles. The van der Waals surface area contributed by atoms with E-state index in [4.69, 9.17) is 5.21 Å². The molecule has 124 valence electrons. The van der Waals surface area contributed by atoms with Gasteiger partial charge in [0.25, 0.3) is 0 Å². The Morgan fingerprint density at radius 1 is 0.714 bits per heavy atom. The first kappa shape index (κ1) is 20.2. The number of rotatable bonds is 16. The van der Waals surface area contributed by atoms with Crippen molar-refractivity contribution in [3.05, 3.63) is 12.2 Å². The predicted molar refractivity (Wildman–Crippen MR) is 92.9 cm³/mol. The monoisotopic (exact) mass is 296 g/mol. The van der Waals surface area contributed by atoms with Crippen molar-refractivity contribution in [1.29, 1.82) is 0 Å². The van der Waals surface area contributed by atoms with Gasteiger partial charge in [-0.2, -0.15) is 10.7 Å². The summed E-state index contributed by atoms with van der Waals surface area (Å²) < 4.78 is 0. The second-order valence-corrected chi connectivity index (χ2v) is 5.78. The van der Waals surface area contributed by atoms with E-state index in [9.17, 15) is 0 Å². The summed E-state index contributed by atoms with van der Waals surface area (Å²) in [5, 5.41) is 11.8. The van der Waals surface area contributed by atoms with Gasteiger partial charge in [-0.15, -0.1) is 0 Å². The molecule has 0 amide bonds. The Morgan fingerprint density at radius 2 is 1.19 bits per heavy atom. The van der Waals surface area contributed by atoms with E-state index in [0.29, 0.717) is 0 Å². The molecule has 0 rings (SSSR count). The van der Waals surface area contributed by atoms with Crippen LogP contribution in [0.3, 0.4) is 0 Å². The summed E-state index contributed by atoms with van der Waals surface area (Å²) in [7, 11) is 0. The molecule has 0 aromatic rings. The van der Waals surface area contributed by atoms with Crippen molar-refractivity contribution in [2.24, 2.45) is 5.10 Å². The molecule has 3 heteroatoms. The number of unbranched alkanes of at least 4 members (excludes halogenated alkanes) is 12. The lowest BCUT2D eigenvalue weighted by Gasteiger charge is -1.99. The maximum Gasteiger partial charge on any atom is 0.0267 e. The Hall–Kier alpha value is -0.830. The van der Waals surface area contributed by atoms with Crippen molar-refractivity contribution in [3.8, 4) is 0 Å². The third kappa shape index (κ3) is 19.2. The normalized spacial score (nSPS) is 11.7. The van der Waals surface area contributed by atoms with Gasteiger partial charge in [0.1, 0.15) is 0 Å². The first-order valence-corrected chi connectivity index (χ1v) is 8.97. The number of hydrogen-bond donors (Lipinski definition) is 2. The summed E-state index contributed by atoms with van der Waals surface area (Å²) in [5.41, 5.74) is 1.78. The Balaban J connectivity index is 3.06. The SMILES string of the molecule is CCCCCCCCC=CCCCCCCCC=NNO. The molecule has 0 saturated heterocycles. The smallest absolute Gasteiger partial charge is 0.0267 e. The first-order valence-electron chi connectivity index (χ1n) is 8.97. The highest BCUT2D eigenvalue weighted by atomic mass is 16.5. The van der Waals surface area contributed by atoms with E-state index in [1.807, 2.05) is 0 Å². The van der Waals surface area contributed by atoms with Gasteiger partial charge in [0.05, 0.1) is 0 Å². The molecule has 0 aromatic carbocycles. The maximum atomic E-state index is 8.24. The lowest BCUT2D eigenvalue weighted by atomic mass is 10.1. The van der Waals surface area contributed by atoms with Gasteiger partial charge < -0.3 is 0 Å². The summed E-state index contributed by atoms with van der Waals surface area (Å²) in [6.07, 6.45) is 24.7. The molecule has 0 radical (unpaired) electrons. The first-order chi connectivity index (χ1) is 10.4. The van der Waals surface area contributed by atoms with Crippen LogP contribution in [0.15, 0.2) is 17.3 Å². The van der Waals surface area contributed by atoms with Crippen molar-refractivity contribution in [2.75, 3.05) is 0 Å². The minimum Gasteiger partial charge on any atom is -0.274 e. The third-order valence-electron chi connectivity index (χ3n) is 3.74. The fourth-order valence-corrected chi connectivity index (χ4v) is 2.41. The number of allylic oxidation sites excluding steroid dienone is 2. The molecule has 3 nitrogen and oxygen atoms in total. The van der Waals surface area contributed by atoms with Crippen LogP contribution >= 0.6 is 0 Å². The fourth-order valence-electron chi connectivity index (χ4n) is 2.41. The Kier molecular flexibility index (Phi) is 18.4. The van der Waals surface area contributed by atoms with Gasteiger partial charge in [0.2, 0.25) is 0 Å². The van der Waals surface area contributed by atoms with E-state index >= 15 is 0 Å². The second kappa shape index (κ2) is 19.2. The average Bonchev–Trinajstić information content (AvgIpc) is 2.50. The predicted octanol–water partition coefficient (Wildman–Crippen LogP) is 5.99. The molecule has 0 heterocycles. The van der Waals surface area contributed by atoms with Gasteiger partial charge in [-0.3, -0.25) is 5.21 Å². The standard InChI is InChI=1S/C18H36N2O/c1-2-3-4-5-6-7-8-9-10-11-12-13-14-15-16-17-18-19-20-21/h9-10,18,20-21H,2-8,11-17H2,1H3. The summed E-state index contributed by atoms with van der Waals surface area (Å²) in [5.74, 6) is 0. The summed E-state index contributed by atoms with van der Waals surface area (Å²) in [4.78, 5) is 0. The van der Waals surface area contributed by atoms with E-state index in [1.165, 1.54) is 83.5 Å². The van der Waals surface area contributed by atoms with E-state index in [0.717, 1.165) is 6.42 Å². The molecule has 0 atom stereocenters. The zero-order valence-corrected chi connectivity index (χ0v) is 14.0. The van der Waals surface area contributed by atoms with Crippen LogP contribution in [0.5, 0.6) is 0 Å². The largest absolute Gasteiger partial charge is 0.274 e. The summed E-state index contributed by atoms with van der Waals surface area (Å²) in [6, 6.07) is 0. The third-order valence-corrected chi connectivity index (χ3v) is 3.74. The quantitative estimate of drug-likeness (QED) is 0.159. The fraction of sp³-hybridized carbons (Fsp3) is 0.833. The molecule has 0 spiro atoms. The number of nitrogens with one attached hydrogen (secondary N) is 1. The van der Waals surface area contributed by atoms with Gasteiger partial charge >= 0.3 is 0 Å². The number of hydrogen-bond acceptors (Lipinski definition) is 3. The molecule has 21 heavy (non-hydrogen) atoms. The Labute approximate surface area is 131 Å². The van der Waals surface area contributed by atoms with E-state index < -0.39 is 0 Å². The van der Waals surface area contributed by atoms with E-state index in [2.05, 4.69) is 24.2 Å². The molecule has 2 N–H and O–H groups in total. The molecule has 0 aliphatic carbocycles. The molecule has 0 saturated carbocycles.